The van der Waals surface area contributed by atoms with Gasteiger partial charge >= 0.3 is 5.69 Å². The van der Waals surface area contributed by atoms with E-state index in [1.165, 1.54) is 0 Å². The SMILES string of the molecule is Cc1c(F)c(F)c(Oc2ccc([N+](=O)[O-])c(OC(CO)SCc3ccccc3)c2)c(F)c1F. The van der Waals surface area contributed by atoms with Crippen LogP contribution in [0.2, 0.25) is 0 Å². The van der Waals surface area contributed by atoms with Gasteiger partial charge in [-0.3, -0.25) is 10.1 Å². The van der Waals surface area contributed by atoms with Crippen LogP contribution in [0.25, 0.3) is 0 Å². The standard InChI is InChI=1S/C22H17F4NO5S/c1-12-18(23)20(25)22(21(26)19(12)24)31-14-7-8-15(27(29)30)16(9-14)32-17(10-28)33-11-13-5-3-2-4-6-13/h2-9,17,28H,10-11H2,1H3. The minimum absolute atomic E-state index is 0.369. The summed E-state index contributed by atoms with van der Waals surface area (Å²) < 4.78 is 66.4. The van der Waals surface area contributed by atoms with Crippen molar-refractivity contribution in [3.05, 3.63) is 93.0 Å². The monoisotopic (exact) mass is 483 g/mol. The highest BCUT2D eigenvalue weighted by molar-refractivity contribution is 7.99. The molecule has 3 aromatic carbocycles. The molecule has 1 unspecified atom stereocenters. The van der Waals surface area contributed by atoms with Crippen LogP contribution in [-0.2, 0) is 5.75 Å². The van der Waals surface area contributed by atoms with Crippen molar-refractivity contribution < 1.29 is 37.1 Å². The maximum atomic E-state index is 14.1. The molecule has 33 heavy (non-hydrogen) atoms. The van der Waals surface area contributed by atoms with Gasteiger partial charge in [-0.2, -0.15) is 8.78 Å². The molecule has 1 atom stereocenters. The van der Waals surface area contributed by atoms with E-state index in [-0.39, 0.29) is 11.5 Å². The number of halogens is 4. The molecular formula is C22H17F4NO5S. The zero-order valence-corrected chi connectivity index (χ0v) is 17.9. The van der Waals surface area contributed by atoms with E-state index in [1.807, 2.05) is 30.3 Å². The number of hydrogen-bond acceptors (Lipinski definition) is 6. The van der Waals surface area contributed by atoms with Crippen LogP contribution in [0.1, 0.15) is 11.1 Å². The van der Waals surface area contributed by atoms with Crippen molar-refractivity contribution in [1.82, 2.24) is 0 Å². The fraction of sp³-hybridized carbons (Fsp3) is 0.182. The third-order valence-electron chi connectivity index (χ3n) is 4.48. The second-order valence-electron chi connectivity index (χ2n) is 6.73. The Morgan fingerprint density at radius 3 is 2.24 bits per heavy atom. The van der Waals surface area contributed by atoms with Gasteiger partial charge in [0.25, 0.3) is 0 Å². The van der Waals surface area contributed by atoms with Gasteiger partial charge in [-0.15, -0.1) is 11.8 Å². The van der Waals surface area contributed by atoms with Gasteiger partial charge in [0.1, 0.15) is 5.75 Å². The molecule has 0 saturated heterocycles. The first kappa shape index (κ1) is 24.3. The molecule has 11 heteroatoms. The van der Waals surface area contributed by atoms with Crippen molar-refractivity contribution in [2.75, 3.05) is 6.61 Å². The summed E-state index contributed by atoms with van der Waals surface area (Å²) in [6.07, 6.45) is 0. The van der Waals surface area contributed by atoms with Gasteiger partial charge in [-0.05, 0) is 18.6 Å². The van der Waals surface area contributed by atoms with E-state index >= 15 is 0 Å². The molecule has 0 aliphatic carbocycles. The van der Waals surface area contributed by atoms with Gasteiger partial charge in [0.2, 0.25) is 23.1 Å². The topological polar surface area (TPSA) is 81.8 Å². The number of benzene rings is 3. The summed E-state index contributed by atoms with van der Waals surface area (Å²) in [5, 5.41) is 21.0. The molecule has 0 heterocycles. The van der Waals surface area contributed by atoms with Crippen LogP contribution in [0.3, 0.4) is 0 Å². The number of aliphatic hydroxyl groups is 1. The first-order valence-electron chi connectivity index (χ1n) is 9.44. The van der Waals surface area contributed by atoms with E-state index in [9.17, 15) is 32.8 Å². The van der Waals surface area contributed by atoms with Crippen LogP contribution in [-0.4, -0.2) is 22.1 Å². The molecule has 174 valence electrons. The summed E-state index contributed by atoms with van der Waals surface area (Å²) in [6, 6.07) is 12.1. The van der Waals surface area contributed by atoms with E-state index in [1.54, 1.807) is 0 Å². The number of thioether (sulfide) groups is 1. The van der Waals surface area contributed by atoms with E-state index in [2.05, 4.69) is 0 Å². The zero-order chi connectivity index (χ0) is 24.1. The summed E-state index contributed by atoms with van der Waals surface area (Å²) in [5.74, 6) is -8.41. The molecule has 3 aromatic rings. The first-order chi connectivity index (χ1) is 15.7. The molecule has 0 fully saturated rings. The largest absolute Gasteiger partial charge is 0.470 e. The highest BCUT2D eigenvalue weighted by Gasteiger charge is 2.26. The Morgan fingerprint density at radius 1 is 1.03 bits per heavy atom. The molecule has 0 saturated carbocycles. The van der Waals surface area contributed by atoms with Crippen LogP contribution in [0.5, 0.6) is 17.2 Å². The van der Waals surface area contributed by atoms with Crippen LogP contribution < -0.4 is 9.47 Å². The van der Waals surface area contributed by atoms with Crippen LogP contribution >= 0.6 is 11.8 Å². The Bertz CT molecular complexity index is 1130. The Morgan fingerprint density at radius 2 is 1.67 bits per heavy atom. The number of nitro benzene ring substituents is 1. The molecule has 3 rings (SSSR count). The van der Waals surface area contributed by atoms with Gasteiger partial charge in [0.15, 0.2) is 17.1 Å². The summed E-state index contributed by atoms with van der Waals surface area (Å²) in [7, 11) is 0. The average molecular weight is 483 g/mol. The van der Waals surface area contributed by atoms with Crippen molar-refractivity contribution in [2.24, 2.45) is 0 Å². The Balaban J connectivity index is 1.88. The van der Waals surface area contributed by atoms with Gasteiger partial charge in [0.05, 0.1) is 11.5 Å². The predicted octanol–water partition coefficient (Wildman–Crippen LogP) is 5.88. The first-order valence-corrected chi connectivity index (χ1v) is 10.5. The molecule has 0 amide bonds. The Labute approximate surface area is 189 Å². The van der Waals surface area contributed by atoms with Crippen molar-refractivity contribution in [3.63, 3.8) is 0 Å². The van der Waals surface area contributed by atoms with Crippen molar-refractivity contribution in [1.29, 1.82) is 0 Å². The highest BCUT2D eigenvalue weighted by Crippen LogP contribution is 2.38. The smallest absolute Gasteiger partial charge is 0.311 e. The fourth-order valence-corrected chi connectivity index (χ4v) is 3.61. The van der Waals surface area contributed by atoms with E-state index in [0.717, 1.165) is 42.4 Å². The van der Waals surface area contributed by atoms with Crippen LogP contribution in [0.4, 0.5) is 23.2 Å². The average Bonchev–Trinajstić information content (AvgIpc) is 2.82. The van der Waals surface area contributed by atoms with E-state index in [4.69, 9.17) is 9.47 Å². The molecule has 0 spiro atoms. The summed E-state index contributed by atoms with van der Waals surface area (Å²) in [4.78, 5) is 10.6. The maximum Gasteiger partial charge on any atom is 0.311 e. The quantitative estimate of drug-likeness (QED) is 0.135. The van der Waals surface area contributed by atoms with Crippen molar-refractivity contribution in [2.45, 2.75) is 18.1 Å². The number of aliphatic hydroxyl groups excluding tert-OH is 1. The Hall–Kier alpha value is -3.31. The van der Waals surface area contributed by atoms with Gasteiger partial charge in [-0.1, -0.05) is 30.3 Å². The second kappa shape index (κ2) is 10.5. The second-order valence-corrected chi connectivity index (χ2v) is 7.87. The van der Waals surface area contributed by atoms with E-state index < -0.39 is 57.2 Å². The maximum absolute atomic E-state index is 14.1. The molecule has 0 aliphatic heterocycles. The predicted molar refractivity (Wildman–Crippen MR) is 113 cm³/mol. The minimum atomic E-state index is -1.75. The minimum Gasteiger partial charge on any atom is -0.470 e. The number of rotatable bonds is 9. The molecule has 0 bridgehead atoms. The molecule has 0 radical (unpaired) electrons. The lowest BCUT2D eigenvalue weighted by Gasteiger charge is -2.17. The number of ether oxygens (including phenoxy) is 2. The van der Waals surface area contributed by atoms with Gasteiger partial charge in [-0.25, -0.2) is 8.78 Å². The highest BCUT2D eigenvalue weighted by atomic mass is 32.2. The van der Waals surface area contributed by atoms with Crippen LogP contribution in [0, 0.1) is 40.3 Å². The molecular weight excluding hydrogens is 466 g/mol. The van der Waals surface area contributed by atoms with Crippen molar-refractivity contribution >= 4 is 17.4 Å². The van der Waals surface area contributed by atoms with E-state index in [0.29, 0.717) is 5.75 Å². The lowest BCUT2D eigenvalue weighted by Crippen LogP contribution is -2.18. The molecule has 0 aliphatic rings. The number of nitrogens with zero attached hydrogens (tertiary/aromatic N) is 1. The lowest BCUT2D eigenvalue weighted by atomic mass is 10.2. The third-order valence-corrected chi connectivity index (χ3v) is 5.59. The molecule has 6 nitrogen and oxygen atoms in total. The summed E-state index contributed by atoms with van der Waals surface area (Å²) in [5.41, 5.74) is -1.37. The summed E-state index contributed by atoms with van der Waals surface area (Å²) >= 11 is 1.16. The third kappa shape index (κ3) is 5.55. The van der Waals surface area contributed by atoms with Crippen LogP contribution in [0.15, 0.2) is 48.5 Å². The fourth-order valence-electron chi connectivity index (χ4n) is 2.76. The molecule has 1 N–H and O–H groups in total. The number of hydrogen-bond donors (Lipinski definition) is 1. The lowest BCUT2D eigenvalue weighted by molar-refractivity contribution is -0.386. The zero-order valence-electron chi connectivity index (χ0n) is 17.1. The summed E-state index contributed by atoms with van der Waals surface area (Å²) in [6.45, 7) is 0.359. The number of nitro groups is 1. The van der Waals surface area contributed by atoms with Crippen molar-refractivity contribution in [3.8, 4) is 17.2 Å². The Kier molecular flexibility index (Phi) is 7.77. The molecule has 0 aromatic heterocycles. The van der Waals surface area contributed by atoms with Gasteiger partial charge in [0, 0.05) is 23.4 Å². The van der Waals surface area contributed by atoms with Gasteiger partial charge < -0.3 is 14.6 Å². The normalized spacial score (nSPS) is 11.8.